The molecule has 0 bridgehead atoms. The van der Waals surface area contributed by atoms with Crippen LogP contribution in [0.15, 0.2) is 106 Å². The first-order chi connectivity index (χ1) is 17.1. The molecular weight excluding hydrogens is 466 g/mol. The van der Waals surface area contributed by atoms with E-state index < -0.39 is 11.9 Å². The number of carbonyl (C=O) groups is 2. The van der Waals surface area contributed by atoms with Crippen molar-refractivity contribution in [2.75, 3.05) is 0 Å². The molecule has 35 heavy (non-hydrogen) atoms. The van der Waals surface area contributed by atoms with E-state index in [1.54, 1.807) is 48.5 Å². The Labute approximate surface area is 206 Å². The van der Waals surface area contributed by atoms with Gasteiger partial charge in [0.1, 0.15) is 23.8 Å². The Balaban J connectivity index is 1.29. The predicted molar refractivity (Wildman–Crippen MR) is 132 cm³/mol. The quantitative estimate of drug-likeness (QED) is 0.183. The SMILES string of the molecule is O=C1ON=C(c2ccccc2)/C1=C/c1ccc(-c2ccc(C(=O)OCc3ccccc3Cl)cc2)o1. The van der Waals surface area contributed by atoms with Gasteiger partial charge in [-0.05, 0) is 36.4 Å². The zero-order valence-corrected chi connectivity index (χ0v) is 19.1. The highest BCUT2D eigenvalue weighted by molar-refractivity contribution is 6.31. The number of esters is 1. The number of nitrogens with zero attached hydrogens (tertiary/aromatic N) is 1. The third-order valence-corrected chi connectivity index (χ3v) is 5.75. The summed E-state index contributed by atoms with van der Waals surface area (Å²) < 4.78 is 11.3. The molecule has 1 aliphatic rings. The summed E-state index contributed by atoms with van der Waals surface area (Å²) in [5.74, 6) is 0.0633. The first-order valence-corrected chi connectivity index (χ1v) is 11.1. The number of furan rings is 1. The summed E-state index contributed by atoms with van der Waals surface area (Å²) >= 11 is 6.11. The fourth-order valence-electron chi connectivity index (χ4n) is 3.55. The first kappa shape index (κ1) is 22.4. The van der Waals surface area contributed by atoms with Gasteiger partial charge >= 0.3 is 11.9 Å². The van der Waals surface area contributed by atoms with Crippen LogP contribution in [0.4, 0.5) is 0 Å². The van der Waals surface area contributed by atoms with E-state index in [2.05, 4.69) is 5.16 Å². The van der Waals surface area contributed by atoms with E-state index in [-0.39, 0.29) is 6.61 Å². The number of hydrogen-bond donors (Lipinski definition) is 0. The highest BCUT2D eigenvalue weighted by atomic mass is 35.5. The third kappa shape index (κ3) is 4.93. The minimum absolute atomic E-state index is 0.0905. The van der Waals surface area contributed by atoms with Crippen LogP contribution in [-0.2, 0) is 21.0 Å². The molecule has 0 saturated heterocycles. The molecule has 0 amide bonds. The first-order valence-electron chi connectivity index (χ1n) is 10.8. The highest BCUT2D eigenvalue weighted by Crippen LogP contribution is 2.26. The van der Waals surface area contributed by atoms with E-state index in [1.807, 2.05) is 48.5 Å². The molecule has 172 valence electrons. The zero-order valence-electron chi connectivity index (χ0n) is 18.3. The molecule has 0 N–H and O–H groups in total. The van der Waals surface area contributed by atoms with Crippen molar-refractivity contribution in [2.24, 2.45) is 5.16 Å². The number of hydrogen-bond acceptors (Lipinski definition) is 6. The van der Waals surface area contributed by atoms with Crippen LogP contribution in [0.3, 0.4) is 0 Å². The van der Waals surface area contributed by atoms with E-state index in [0.29, 0.717) is 33.4 Å². The van der Waals surface area contributed by atoms with Gasteiger partial charge in [-0.25, -0.2) is 9.59 Å². The molecule has 2 heterocycles. The average Bonchev–Trinajstić information content (AvgIpc) is 3.51. The van der Waals surface area contributed by atoms with E-state index in [9.17, 15) is 9.59 Å². The maximum atomic E-state index is 12.4. The van der Waals surface area contributed by atoms with Crippen LogP contribution in [0, 0.1) is 0 Å². The maximum absolute atomic E-state index is 12.4. The molecular formula is C28H18ClNO5. The van der Waals surface area contributed by atoms with Crippen molar-refractivity contribution in [1.29, 1.82) is 0 Å². The minimum atomic E-state index is -0.540. The van der Waals surface area contributed by atoms with Crippen LogP contribution >= 0.6 is 11.6 Å². The molecule has 6 nitrogen and oxygen atoms in total. The molecule has 0 saturated carbocycles. The molecule has 3 aromatic carbocycles. The zero-order chi connectivity index (χ0) is 24.2. The molecule has 5 rings (SSSR count). The van der Waals surface area contributed by atoms with Crippen LogP contribution in [-0.4, -0.2) is 17.7 Å². The summed E-state index contributed by atoms with van der Waals surface area (Å²) in [6.07, 6.45) is 1.60. The molecule has 7 heteroatoms. The van der Waals surface area contributed by atoms with Gasteiger partial charge in [-0.2, -0.15) is 0 Å². The lowest BCUT2D eigenvalue weighted by atomic mass is 10.0. The van der Waals surface area contributed by atoms with E-state index in [4.69, 9.17) is 25.6 Å². The Kier molecular flexibility index (Phi) is 6.28. The molecule has 1 aliphatic heterocycles. The summed E-state index contributed by atoms with van der Waals surface area (Å²) in [5.41, 5.74) is 3.45. The van der Waals surface area contributed by atoms with Crippen LogP contribution in [0.2, 0.25) is 5.02 Å². The van der Waals surface area contributed by atoms with Gasteiger partial charge in [-0.15, -0.1) is 0 Å². The summed E-state index contributed by atoms with van der Waals surface area (Å²) in [6, 6.07) is 26.9. The predicted octanol–water partition coefficient (Wildman–Crippen LogP) is 6.30. The van der Waals surface area contributed by atoms with Gasteiger partial charge in [0, 0.05) is 21.7 Å². The Morgan fingerprint density at radius 2 is 1.63 bits per heavy atom. The van der Waals surface area contributed by atoms with E-state index in [0.717, 1.165) is 16.7 Å². The second-order valence-electron chi connectivity index (χ2n) is 7.69. The van der Waals surface area contributed by atoms with Gasteiger partial charge < -0.3 is 14.0 Å². The number of ether oxygens (including phenoxy) is 1. The maximum Gasteiger partial charge on any atom is 0.368 e. The number of carbonyl (C=O) groups excluding carboxylic acids is 2. The summed E-state index contributed by atoms with van der Waals surface area (Å²) in [4.78, 5) is 29.5. The van der Waals surface area contributed by atoms with Crippen molar-refractivity contribution in [3.8, 4) is 11.3 Å². The number of halogens is 1. The van der Waals surface area contributed by atoms with E-state index in [1.165, 1.54) is 0 Å². The lowest BCUT2D eigenvalue weighted by molar-refractivity contribution is -0.136. The van der Waals surface area contributed by atoms with Gasteiger partial charge in [0.15, 0.2) is 0 Å². The van der Waals surface area contributed by atoms with Crippen molar-refractivity contribution in [1.82, 2.24) is 0 Å². The molecule has 4 aromatic rings. The van der Waals surface area contributed by atoms with Crippen LogP contribution in [0.1, 0.15) is 27.2 Å². The Bertz CT molecular complexity index is 1450. The van der Waals surface area contributed by atoms with Crippen molar-refractivity contribution in [3.05, 3.63) is 124 Å². The topological polar surface area (TPSA) is 78.1 Å². The Morgan fingerprint density at radius 3 is 2.40 bits per heavy atom. The second kappa shape index (κ2) is 9.83. The van der Waals surface area contributed by atoms with Gasteiger partial charge in [-0.3, -0.25) is 0 Å². The normalized spacial score (nSPS) is 14.0. The van der Waals surface area contributed by atoms with Gasteiger partial charge in [0.2, 0.25) is 0 Å². The van der Waals surface area contributed by atoms with Gasteiger partial charge in [0.25, 0.3) is 0 Å². The fraction of sp³-hybridized carbons (Fsp3) is 0.0357. The van der Waals surface area contributed by atoms with Gasteiger partial charge in [-0.1, -0.05) is 77.4 Å². The van der Waals surface area contributed by atoms with Crippen molar-refractivity contribution < 1.29 is 23.6 Å². The number of oxime groups is 1. The largest absolute Gasteiger partial charge is 0.457 e. The lowest BCUT2D eigenvalue weighted by Gasteiger charge is -2.07. The smallest absolute Gasteiger partial charge is 0.368 e. The highest BCUT2D eigenvalue weighted by Gasteiger charge is 2.27. The molecule has 0 aliphatic carbocycles. The van der Waals surface area contributed by atoms with Gasteiger partial charge in [0.05, 0.1) is 11.1 Å². The summed E-state index contributed by atoms with van der Waals surface area (Å²) in [6.45, 7) is 0.0905. The van der Waals surface area contributed by atoms with Crippen molar-refractivity contribution in [3.63, 3.8) is 0 Å². The minimum Gasteiger partial charge on any atom is -0.457 e. The molecule has 0 radical (unpaired) electrons. The molecule has 0 spiro atoms. The molecule has 0 unspecified atom stereocenters. The third-order valence-electron chi connectivity index (χ3n) is 5.38. The number of rotatable bonds is 6. The fourth-order valence-corrected chi connectivity index (χ4v) is 3.74. The molecule has 1 aromatic heterocycles. The number of benzene rings is 3. The van der Waals surface area contributed by atoms with Crippen molar-refractivity contribution >= 4 is 35.3 Å². The standard InChI is InChI=1S/C28H18ClNO5/c29-24-9-5-4-8-21(24)17-33-27(31)20-12-10-18(11-13-20)25-15-14-22(34-25)16-23-26(30-35-28(23)32)19-6-2-1-3-7-19/h1-16H,17H2/b23-16-. The summed E-state index contributed by atoms with van der Waals surface area (Å²) in [5, 5.41) is 4.45. The second-order valence-corrected chi connectivity index (χ2v) is 8.10. The van der Waals surface area contributed by atoms with E-state index >= 15 is 0 Å². The van der Waals surface area contributed by atoms with Crippen LogP contribution < -0.4 is 0 Å². The molecule has 0 fully saturated rings. The summed E-state index contributed by atoms with van der Waals surface area (Å²) in [7, 11) is 0. The molecule has 0 atom stereocenters. The average molecular weight is 484 g/mol. The Morgan fingerprint density at radius 1 is 0.886 bits per heavy atom. The lowest BCUT2D eigenvalue weighted by Crippen LogP contribution is -2.06. The van der Waals surface area contributed by atoms with Crippen molar-refractivity contribution in [2.45, 2.75) is 6.61 Å². The Hall–Kier alpha value is -4.42. The monoisotopic (exact) mass is 483 g/mol. The van der Waals surface area contributed by atoms with Crippen LogP contribution in [0.5, 0.6) is 0 Å². The van der Waals surface area contributed by atoms with Crippen LogP contribution in [0.25, 0.3) is 17.4 Å².